The van der Waals surface area contributed by atoms with Gasteiger partial charge in [-0.2, -0.15) is 13.2 Å². The van der Waals surface area contributed by atoms with Crippen molar-refractivity contribution in [2.24, 2.45) is 0 Å². The van der Waals surface area contributed by atoms with Crippen LogP contribution in [-0.2, 0) is 16.7 Å². The van der Waals surface area contributed by atoms with Crippen molar-refractivity contribution < 1.29 is 27.4 Å². The van der Waals surface area contributed by atoms with E-state index in [9.17, 15) is 18.0 Å². The maximum absolute atomic E-state index is 12.6. The maximum atomic E-state index is 12.6. The van der Waals surface area contributed by atoms with Gasteiger partial charge in [0.05, 0.1) is 30.7 Å². The molecule has 0 aromatic heterocycles. The van der Waals surface area contributed by atoms with Gasteiger partial charge >= 0.3 is 6.18 Å². The molecule has 0 heterocycles. The van der Waals surface area contributed by atoms with Gasteiger partial charge in [0.1, 0.15) is 11.5 Å². The van der Waals surface area contributed by atoms with Crippen molar-refractivity contribution >= 4 is 23.4 Å². The summed E-state index contributed by atoms with van der Waals surface area (Å²) in [5, 5.41) is 2.37. The van der Waals surface area contributed by atoms with Gasteiger partial charge in [-0.1, -0.05) is 12.1 Å². The van der Waals surface area contributed by atoms with Crippen LogP contribution in [0.1, 0.15) is 18.1 Å². The predicted molar refractivity (Wildman–Crippen MR) is 100 cm³/mol. The highest BCUT2D eigenvalue weighted by Gasteiger charge is 2.29. The number of ether oxygens (including phenoxy) is 2. The molecule has 0 saturated heterocycles. The number of halogens is 3. The van der Waals surface area contributed by atoms with Gasteiger partial charge in [0.15, 0.2) is 0 Å². The molecular weight excluding hydrogens is 379 g/mol. The number of carbonyl (C=O) groups excluding carboxylic acids is 1. The Morgan fingerprint density at radius 3 is 2.33 bits per heavy atom. The molecule has 0 spiro atoms. The summed E-state index contributed by atoms with van der Waals surface area (Å²) in [6.45, 7) is 1.73. The fourth-order valence-corrected chi connectivity index (χ4v) is 3.08. The first-order valence-electron chi connectivity index (χ1n) is 8.05. The third-order valence-electron chi connectivity index (χ3n) is 3.82. The van der Waals surface area contributed by atoms with Crippen molar-refractivity contribution in [3.63, 3.8) is 0 Å². The van der Waals surface area contributed by atoms with Crippen molar-refractivity contribution in [3.8, 4) is 11.5 Å². The first kappa shape index (κ1) is 21.0. The van der Waals surface area contributed by atoms with E-state index in [0.29, 0.717) is 28.5 Å². The average molecular weight is 399 g/mol. The van der Waals surface area contributed by atoms with Gasteiger partial charge in [0.25, 0.3) is 0 Å². The SMILES string of the molecule is COc1ccc(OC)c(NC(=O)[C@H](C)SCc2ccc(C(F)(F)F)cc2)c1. The van der Waals surface area contributed by atoms with Crippen LogP contribution in [0.2, 0.25) is 0 Å². The van der Waals surface area contributed by atoms with Crippen LogP contribution in [0.25, 0.3) is 0 Å². The number of thioether (sulfide) groups is 1. The zero-order valence-electron chi connectivity index (χ0n) is 15.1. The second-order valence-corrected chi connectivity index (χ2v) is 7.03. The lowest BCUT2D eigenvalue weighted by Gasteiger charge is -2.15. The van der Waals surface area contributed by atoms with Crippen LogP contribution in [0.5, 0.6) is 11.5 Å². The standard InChI is InChI=1S/C19H20F3NO3S/c1-12(27-11-13-4-6-14(7-5-13)19(20,21)22)18(24)23-16-10-15(25-2)8-9-17(16)26-3/h4-10,12H,11H2,1-3H3,(H,23,24)/t12-/m0/s1. The van der Waals surface area contributed by atoms with Gasteiger partial charge in [0, 0.05) is 11.8 Å². The third-order valence-corrected chi connectivity index (χ3v) is 5.03. The van der Waals surface area contributed by atoms with Crippen LogP contribution in [0.4, 0.5) is 18.9 Å². The number of anilines is 1. The Bertz CT molecular complexity index is 779. The molecule has 0 bridgehead atoms. The topological polar surface area (TPSA) is 47.6 Å². The molecule has 0 radical (unpaired) electrons. The second kappa shape index (κ2) is 9.03. The Balaban J connectivity index is 1.96. The molecule has 0 aliphatic rings. The number of carbonyl (C=O) groups is 1. The molecular formula is C19H20F3NO3S. The predicted octanol–water partition coefficient (Wildman–Crippen LogP) is 4.98. The lowest BCUT2D eigenvalue weighted by atomic mass is 10.1. The highest BCUT2D eigenvalue weighted by atomic mass is 32.2. The lowest BCUT2D eigenvalue weighted by molar-refractivity contribution is -0.137. The molecule has 1 atom stereocenters. The first-order valence-corrected chi connectivity index (χ1v) is 9.10. The summed E-state index contributed by atoms with van der Waals surface area (Å²) >= 11 is 1.33. The minimum atomic E-state index is -4.35. The van der Waals surface area contributed by atoms with E-state index in [0.717, 1.165) is 12.1 Å². The summed E-state index contributed by atoms with van der Waals surface area (Å²) in [7, 11) is 3.02. The highest BCUT2D eigenvalue weighted by molar-refractivity contribution is 7.99. The van der Waals surface area contributed by atoms with Crippen molar-refractivity contribution in [1.29, 1.82) is 0 Å². The molecule has 0 saturated carbocycles. The summed E-state index contributed by atoms with van der Waals surface area (Å²) in [5.41, 5.74) is 0.516. The van der Waals surface area contributed by atoms with Crippen molar-refractivity contribution in [2.75, 3.05) is 19.5 Å². The Kier molecular flexibility index (Phi) is 7.01. The number of nitrogens with one attached hydrogen (secondary N) is 1. The second-order valence-electron chi connectivity index (χ2n) is 5.70. The van der Waals surface area contributed by atoms with Crippen LogP contribution in [0, 0.1) is 0 Å². The molecule has 0 fully saturated rings. The van der Waals surface area contributed by atoms with Gasteiger partial charge < -0.3 is 14.8 Å². The summed E-state index contributed by atoms with van der Waals surface area (Å²) in [6.07, 6.45) is -4.35. The minimum Gasteiger partial charge on any atom is -0.497 e. The normalized spacial score (nSPS) is 12.4. The van der Waals surface area contributed by atoms with Gasteiger partial charge in [0.2, 0.25) is 5.91 Å². The molecule has 2 aromatic rings. The molecule has 0 aliphatic heterocycles. The van der Waals surface area contributed by atoms with Gasteiger partial charge in [-0.15, -0.1) is 11.8 Å². The monoisotopic (exact) mass is 399 g/mol. The lowest BCUT2D eigenvalue weighted by Crippen LogP contribution is -2.23. The fourth-order valence-electron chi connectivity index (χ4n) is 2.23. The number of hydrogen-bond acceptors (Lipinski definition) is 4. The van der Waals surface area contributed by atoms with Gasteiger partial charge in [-0.05, 0) is 36.8 Å². The third kappa shape index (κ3) is 5.82. The molecule has 146 valence electrons. The Hall–Kier alpha value is -2.35. The first-order chi connectivity index (χ1) is 12.7. The van der Waals surface area contributed by atoms with Gasteiger partial charge in [-0.3, -0.25) is 4.79 Å². The van der Waals surface area contributed by atoms with E-state index in [-0.39, 0.29) is 5.91 Å². The Morgan fingerprint density at radius 2 is 1.78 bits per heavy atom. The fraction of sp³-hybridized carbons (Fsp3) is 0.316. The van der Waals surface area contributed by atoms with E-state index in [4.69, 9.17) is 9.47 Å². The quantitative estimate of drug-likeness (QED) is 0.713. The molecule has 8 heteroatoms. The van der Waals surface area contributed by atoms with Crippen molar-refractivity contribution in [3.05, 3.63) is 53.6 Å². The zero-order chi connectivity index (χ0) is 20.0. The van der Waals surface area contributed by atoms with Crippen LogP contribution >= 0.6 is 11.8 Å². The largest absolute Gasteiger partial charge is 0.497 e. The molecule has 0 aliphatic carbocycles. The number of hydrogen-bond donors (Lipinski definition) is 1. The van der Waals surface area contributed by atoms with Gasteiger partial charge in [-0.25, -0.2) is 0 Å². The summed E-state index contributed by atoms with van der Waals surface area (Å²) in [5.74, 6) is 1.26. The van der Waals surface area contributed by atoms with Crippen molar-refractivity contribution in [2.45, 2.75) is 24.1 Å². The highest BCUT2D eigenvalue weighted by Crippen LogP contribution is 2.31. The molecule has 1 N–H and O–H groups in total. The average Bonchev–Trinajstić information content (AvgIpc) is 2.65. The molecule has 1 amide bonds. The van der Waals surface area contributed by atoms with E-state index in [2.05, 4.69) is 5.32 Å². The van der Waals surface area contributed by atoms with E-state index in [1.807, 2.05) is 0 Å². The number of rotatable bonds is 7. The minimum absolute atomic E-state index is 0.238. The molecule has 2 rings (SSSR count). The smallest absolute Gasteiger partial charge is 0.416 e. The number of methoxy groups -OCH3 is 2. The van der Waals surface area contributed by atoms with Crippen LogP contribution in [0.15, 0.2) is 42.5 Å². The molecule has 4 nitrogen and oxygen atoms in total. The van der Waals surface area contributed by atoms with Crippen LogP contribution in [0.3, 0.4) is 0 Å². The summed E-state index contributed by atoms with van der Waals surface area (Å²) in [6, 6.07) is 10.00. The number of amides is 1. The number of benzene rings is 2. The van der Waals surface area contributed by atoms with E-state index < -0.39 is 17.0 Å². The summed E-state index contributed by atoms with van der Waals surface area (Å²) < 4.78 is 48.1. The van der Waals surface area contributed by atoms with E-state index in [1.54, 1.807) is 25.1 Å². The molecule has 27 heavy (non-hydrogen) atoms. The van der Waals surface area contributed by atoms with E-state index >= 15 is 0 Å². The zero-order valence-corrected chi connectivity index (χ0v) is 15.9. The Labute approximate surface area is 160 Å². The summed E-state index contributed by atoms with van der Waals surface area (Å²) in [4.78, 5) is 12.4. The van der Waals surface area contributed by atoms with Crippen molar-refractivity contribution in [1.82, 2.24) is 0 Å². The van der Waals surface area contributed by atoms with Crippen LogP contribution in [-0.4, -0.2) is 25.4 Å². The maximum Gasteiger partial charge on any atom is 0.416 e. The van der Waals surface area contributed by atoms with Crippen LogP contribution < -0.4 is 14.8 Å². The molecule has 2 aromatic carbocycles. The number of alkyl halides is 3. The Morgan fingerprint density at radius 1 is 1.11 bits per heavy atom. The van der Waals surface area contributed by atoms with E-state index in [1.165, 1.54) is 38.1 Å². The molecule has 0 unspecified atom stereocenters.